The summed E-state index contributed by atoms with van der Waals surface area (Å²) < 4.78 is 4.62. The molecule has 21 heavy (non-hydrogen) atoms. The topological polar surface area (TPSA) is 52.1 Å². The molecule has 104 valence electrons. The zero-order chi connectivity index (χ0) is 14.8. The standard InChI is InChI=1S/C16H11ClN2O2/c1-21-16(20)14-6-5-11(8-18-14)15-7-10-3-2-4-13(17)12(10)9-19-15/h2-9H,1H3. The molecule has 1 aromatic carbocycles. The van der Waals surface area contributed by atoms with Gasteiger partial charge in [-0.1, -0.05) is 23.7 Å². The second-order valence-corrected chi connectivity index (χ2v) is 4.86. The first-order valence-corrected chi connectivity index (χ1v) is 6.66. The molecule has 4 nitrogen and oxygen atoms in total. The molecule has 0 aliphatic heterocycles. The Hall–Kier alpha value is -2.46. The van der Waals surface area contributed by atoms with E-state index in [4.69, 9.17) is 11.6 Å². The van der Waals surface area contributed by atoms with E-state index in [0.717, 1.165) is 22.0 Å². The quantitative estimate of drug-likeness (QED) is 0.676. The first-order chi connectivity index (χ1) is 10.2. The molecule has 0 saturated carbocycles. The van der Waals surface area contributed by atoms with E-state index in [9.17, 15) is 4.79 Å². The van der Waals surface area contributed by atoms with Crippen molar-refractivity contribution in [2.45, 2.75) is 0 Å². The van der Waals surface area contributed by atoms with Crippen LogP contribution in [-0.2, 0) is 4.74 Å². The third-order valence-electron chi connectivity index (χ3n) is 3.17. The highest BCUT2D eigenvalue weighted by Crippen LogP contribution is 2.26. The molecule has 0 aliphatic rings. The summed E-state index contributed by atoms with van der Waals surface area (Å²) in [5.74, 6) is -0.459. The number of hydrogen-bond acceptors (Lipinski definition) is 4. The maximum Gasteiger partial charge on any atom is 0.356 e. The van der Waals surface area contributed by atoms with Gasteiger partial charge in [-0.15, -0.1) is 0 Å². The molecule has 3 aromatic rings. The average Bonchev–Trinajstić information content (AvgIpc) is 2.54. The summed E-state index contributed by atoms with van der Waals surface area (Å²) in [6, 6.07) is 11.0. The van der Waals surface area contributed by atoms with E-state index < -0.39 is 5.97 Å². The van der Waals surface area contributed by atoms with Crippen molar-refractivity contribution in [3.05, 3.63) is 59.5 Å². The van der Waals surface area contributed by atoms with E-state index >= 15 is 0 Å². The van der Waals surface area contributed by atoms with E-state index in [-0.39, 0.29) is 5.69 Å². The maximum atomic E-state index is 11.4. The molecule has 3 rings (SSSR count). The number of rotatable bonds is 2. The molecule has 0 radical (unpaired) electrons. The van der Waals surface area contributed by atoms with E-state index in [1.807, 2.05) is 24.3 Å². The molecule has 5 heteroatoms. The van der Waals surface area contributed by atoms with Gasteiger partial charge in [-0.2, -0.15) is 0 Å². The van der Waals surface area contributed by atoms with E-state index in [1.165, 1.54) is 7.11 Å². The Kier molecular flexibility index (Phi) is 3.54. The summed E-state index contributed by atoms with van der Waals surface area (Å²) in [6.07, 6.45) is 3.34. The normalized spacial score (nSPS) is 10.6. The SMILES string of the molecule is COC(=O)c1ccc(-c2cc3cccc(Cl)c3cn2)cn1. The Morgan fingerprint density at radius 3 is 2.71 bits per heavy atom. The zero-order valence-corrected chi connectivity index (χ0v) is 12.0. The Morgan fingerprint density at radius 1 is 1.14 bits per heavy atom. The Morgan fingerprint density at radius 2 is 2.00 bits per heavy atom. The lowest BCUT2D eigenvalue weighted by Crippen LogP contribution is -2.03. The predicted molar refractivity (Wildman–Crippen MR) is 81.3 cm³/mol. The second kappa shape index (κ2) is 5.50. The van der Waals surface area contributed by atoms with Crippen molar-refractivity contribution >= 4 is 28.3 Å². The number of carbonyl (C=O) groups excluding carboxylic acids is 1. The lowest BCUT2D eigenvalue weighted by Gasteiger charge is -2.05. The lowest BCUT2D eigenvalue weighted by molar-refractivity contribution is 0.0594. The minimum absolute atomic E-state index is 0.269. The third kappa shape index (κ3) is 2.58. The van der Waals surface area contributed by atoms with Gasteiger partial charge < -0.3 is 4.74 Å². The highest BCUT2D eigenvalue weighted by atomic mass is 35.5. The van der Waals surface area contributed by atoms with E-state index in [2.05, 4.69) is 14.7 Å². The number of benzene rings is 1. The molecule has 0 saturated heterocycles. The summed E-state index contributed by atoms with van der Waals surface area (Å²) >= 11 is 6.12. The molecule has 0 fully saturated rings. The van der Waals surface area contributed by atoms with Gasteiger partial charge in [0.25, 0.3) is 0 Å². The largest absolute Gasteiger partial charge is 0.464 e. The molecule has 0 atom stereocenters. The summed E-state index contributed by atoms with van der Waals surface area (Å²) in [5, 5.41) is 2.58. The summed E-state index contributed by atoms with van der Waals surface area (Å²) in [7, 11) is 1.33. The van der Waals surface area contributed by atoms with E-state index in [1.54, 1.807) is 24.5 Å². The van der Waals surface area contributed by atoms with Gasteiger partial charge in [0, 0.05) is 28.4 Å². The number of methoxy groups -OCH3 is 1. The Bertz CT molecular complexity index is 816. The van der Waals surface area contributed by atoms with Gasteiger partial charge in [0.05, 0.1) is 12.8 Å². The summed E-state index contributed by atoms with van der Waals surface area (Å²) in [6.45, 7) is 0. The van der Waals surface area contributed by atoms with Gasteiger partial charge >= 0.3 is 5.97 Å². The minimum Gasteiger partial charge on any atom is -0.464 e. The van der Waals surface area contributed by atoms with Gasteiger partial charge in [0.1, 0.15) is 5.69 Å². The van der Waals surface area contributed by atoms with Gasteiger partial charge in [0.15, 0.2) is 0 Å². The molecule has 0 bridgehead atoms. The second-order valence-electron chi connectivity index (χ2n) is 4.45. The van der Waals surface area contributed by atoms with Gasteiger partial charge in [-0.3, -0.25) is 4.98 Å². The van der Waals surface area contributed by atoms with Crippen molar-refractivity contribution in [3.63, 3.8) is 0 Å². The highest BCUT2D eigenvalue weighted by Gasteiger charge is 2.08. The van der Waals surface area contributed by atoms with Crippen molar-refractivity contribution in [1.29, 1.82) is 0 Å². The van der Waals surface area contributed by atoms with Crippen LogP contribution in [0.1, 0.15) is 10.5 Å². The highest BCUT2D eigenvalue weighted by molar-refractivity contribution is 6.35. The molecule has 0 N–H and O–H groups in total. The fraction of sp³-hybridized carbons (Fsp3) is 0.0625. The summed E-state index contributed by atoms with van der Waals surface area (Å²) in [4.78, 5) is 19.8. The fourth-order valence-corrected chi connectivity index (χ4v) is 2.29. The van der Waals surface area contributed by atoms with Crippen LogP contribution < -0.4 is 0 Å². The number of nitrogens with zero attached hydrogens (tertiary/aromatic N) is 2. The number of pyridine rings is 2. The van der Waals surface area contributed by atoms with Crippen LogP contribution in [0, 0.1) is 0 Å². The van der Waals surface area contributed by atoms with Crippen LogP contribution in [0.2, 0.25) is 5.02 Å². The Balaban J connectivity index is 2.02. The Labute approximate surface area is 126 Å². The number of ether oxygens (including phenoxy) is 1. The van der Waals surface area contributed by atoms with Crippen LogP contribution in [0.5, 0.6) is 0 Å². The molecule has 2 heterocycles. The number of carbonyl (C=O) groups is 1. The average molecular weight is 299 g/mol. The van der Waals surface area contributed by atoms with Crippen molar-refractivity contribution in [2.24, 2.45) is 0 Å². The number of halogens is 1. The molecule has 0 spiro atoms. The lowest BCUT2D eigenvalue weighted by atomic mass is 10.1. The molecule has 0 amide bonds. The first kappa shape index (κ1) is 13.5. The van der Waals surface area contributed by atoms with Crippen LogP contribution in [0.25, 0.3) is 22.0 Å². The summed E-state index contributed by atoms with van der Waals surface area (Å²) in [5.41, 5.74) is 1.86. The van der Waals surface area contributed by atoms with Crippen LogP contribution in [0.4, 0.5) is 0 Å². The smallest absolute Gasteiger partial charge is 0.356 e. The maximum absolute atomic E-state index is 11.4. The van der Waals surface area contributed by atoms with Crippen molar-refractivity contribution < 1.29 is 9.53 Å². The van der Waals surface area contributed by atoms with E-state index in [0.29, 0.717) is 5.02 Å². The van der Waals surface area contributed by atoms with Crippen molar-refractivity contribution in [3.8, 4) is 11.3 Å². The van der Waals surface area contributed by atoms with Crippen LogP contribution >= 0.6 is 11.6 Å². The molecular weight excluding hydrogens is 288 g/mol. The fourth-order valence-electron chi connectivity index (χ4n) is 2.06. The molecule has 0 aliphatic carbocycles. The van der Waals surface area contributed by atoms with Gasteiger partial charge in [-0.25, -0.2) is 9.78 Å². The van der Waals surface area contributed by atoms with Crippen LogP contribution in [0.15, 0.2) is 48.8 Å². The van der Waals surface area contributed by atoms with Gasteiger partial charge in [-0.05, 0) is 29.7 Å². The van der Waals surface area contributed by atoms with Crippen molar-refractivity contribution in [1.82, 2.24) is 9.97 Å². The molecule has 2 aromatic heterocycles. The number of aromatic nitrogens is 2. The number of hydrogen-bond donors (Lipinski definition) is 0. The number of esters is 1. The first-order valence-electron chi connectivity index (χ1n) is 6.28. The predicted octanol–water partition coefficient (Wildman–Crippen LogP) is 3.74. The van der Waals surface area contributed by atoms with Gasteiger partial charge in [0.2, 0.25) is 0 Å². The van der Waals surface area contributed by atoms with Crippen molar-refractivity contribution in [2.75, 3.05) is 7.11 Å². The zero-order valence-electron chi connectivity index (χ0n) is 11.2. The molecular formula is C16H11ClN2O2. The van der Waals surface area contributed by atoms with Crippen LogP contribution in [-0.4, -0.2) is 23.0 Å². The number of fused-ring (bicyclic) bond motifs is 1. The van der Waals surface area contributed by atoms with Crippen LogP contribution in [0.3, 0.4) is 0 Å². The monoisotopic (exact) mass is 298 g/mol. The third-order valence-corrected chi connectivity index (χ3v) is 3.49. The minimum atomic E-state index is -0.459. The molecule has 0 unspecified atom stereocenters.